The van der Waals surface area contributed by atoms with E-state index >= 15 is 0 Å². The third-order valence-corrected chi connectivity index (χ3v) is 5.36. The molecule has 0 saturated carbocycles. The number of hydrogen-bond donors (Lipinski definition) is 2. The molecule has 0 amide bonds. The summed E-state index contributed by atoms with van der Waals surface area (Å²) < 4.78 is 22.4. The highest BCUT2D eigenvalue weighted by Gasteiger charge is 2.30. The van der Waals surface area contributed by atoms with Crippen LogP contribution in [0, 0.1) is 6.92 Å². The van der Waals surface area contributed by atoms with E-state index in [-0.39, 0.29) is 11.5 Å². The van der Waals surface area contributed by atoms with E-state index in [4.69, 9.17) is 18.0 Å². The predicted octanol–water partition coefficient (Wildman–Crippen LogP) is 1.26. The molecule has 0 radical (unpaired) electrons. The first-order valence-electron chi connectivity index (χ1n) is 5.75. The molecule has 0 aromatic carbocycles. The number of pyridine rings is 1. The summed E-state index contributed by atoms with van der Waals surface area (Å²) in [6.45, 7) is 5.39. The molecule has 0 spiro atoms. The maximum absolute atomic E-state index is 11.6. The van der Waals surface area contributed by atoms with Gasteiger partial charge in [-0.3, -0.25) is 0 Å². The van der Waals surface area contributed by atoms with Gasteiger partial charge in [-0.15, -0.1) is 0 Å². The molecule has 19 heavy (non-hydrogen) atoms. The molecule has 1 rings (SSSR count). The highest BCUT2D eigenvalue weighted by atomic mass is 32.2. The average molecular weight is 301 g/mol. The van der Waals surface area contributed by atoms with Gasteiger partial charge in [0.25, 0.3) is 0 Å². The Morgan fingerprint density at radius 1 is 1.47 bits per heavy atom. The number of thiocarbonyl (C=S) groups is 1. The van der Waals surface area contributed by atoms with Crippen molar-refractivity contribution in [2.24, 2.45) is 5.73 Å². The maximum Gasteiger partial charge on any atom is 0.154 e. The monoisotopic (exact) mass is 301 g/mol. The Balaban J connectivity index is 3.01. The molecule has 5 nitrogen and oxygen atoms in total. The first-order chi connectivity index (χ1) is 8.54. The van der Waals surface area contributed by atoms with Crippen LogP contribution in [0.5, 0.6) is 0 Å². The van der Waals surface area contributed by atoms with Crippen molar-refractivity contribution >= 4 is 32.9 Å². The quantitative estimate of drug-likeness (QED) is 0.796. The second kappa shape index (κ2) is 5.42. The van der Waals surface area contributed by atoms with Gasteiger partial charge in [0.15, 0.2) is 9.84 Å². The lowest BCUT2D eigenvalue weighted by atomic mass is 10.2. The molecule has 0 bridgehead atoms. The van der Waals surface area contributed by atoms with Crippen LogP contribution in [0.15, 0.2) is 12.1 Å². The van der Waals surface area contributed by atoms with Crippen LogP contribution in [-0.2, 0) is 9.84 Å². The summed E-state index contributed by atoms with van der Waals surface area (Å²) in [4.78, 5) is 4.53. The zero-order valence-electron chi connectivity index (χ0n) is 11.5. The standard InChI is InChI=1S/C12H19N3O2S2/c1-8-5-6-9(10(13)18)11(15-8)14-7-12(2,3)19(4,16)17/h5-6H,7H2,1-4H3,(H2,13,18)(H,14,15). The van der Waals surface area contributed by atoms with E-state index in [1.165, 1.54) is 6.26 Å². The summed E-state index contributed by atoms with van der Waals surface area (Å²) in [5.41, 5.74) is 7.04. The van der Waals surface area contributed by atoms with Gasteiger partial charge in [0.05, 0.1) is 10.3 Å². The van der Waals surface area contributed by atoms with Crippen molar-refractivity contribution in [3.8, 4) is 0 Å². The normalized spacial score (nSPS) is 12.2. The number of nitrogens with zero attached hydrogens (tertiary/aromatic N) is 1. The van der Waals surface area contributed by atoms with Crippen molar-refractivity contribution in [2.45, 2.75) is 25.5 Å². The van der Waals surface area contributed by atoms with Crippen LogP contribution in [0.2, 0.25) is 0 Å². The molecule has 0 atom stereocenters. The second-order valence-electron chi connectivity index (χ2n) is 5.10. The van der Waals surface area contributed by atoms with E-state index in [0.717, 1.165) is 5.69 Å². The van der Waals surface area contributed by atoms with Gasteiger partial charge in [-0.05, 0) is 32.9 Å². The van der Waals surface area contributed by atoms with Crippen LogP contribution in [0.4, 0.5) is 5.82 Å². The number of nitrogens with one attached hydrogen (secondary N) is 1. The first kappa shape index (κ1) is 15.8. The van der Waals surface area contributed by atoms with E-state index in [0.29, 0.717) is 11.4 Å². The minimum Gasteiger partial charge on any atom is -0.389 e. The maximum atomic E-state index is 11.6. The predicted molar refractivity (Wildman–Crippen MR) is 82.3 cm³/mol. The highest BCUT2D eigenvalue weighted by molar-refractivity contribution is 7.92. The average Bonchev–Trinajstić information content (AvgIpc) is 2.24. The van der Waals surface area contributed by atoms with Crippen molar-refractivity contribution < 1.29 is 8.42 Å². The molecule has 1 aromatic heterocycles. The molecule has 0 aliphatic rings. The highest BCUT2D eigenvalue weighted by Crippen LogP contribution is 2.18. The number of aromatic nitrogens is 1. The topological polar surface area (TPSA) is 85.1 Å². The minimum atomic E-state index is -3.17. The van der Waals surface area contributed by atoms with Crippen LogP contribution in [-0.4, -0.2) is 35.9 Å². The fraction of sp³-hybridized carbons (Fsp3) is 0.500. The van der Waals surface area contributed by atoms with Crippen LogP contribution >= 0.6 is 12.2 Å². The molecule has 0 aliphatic heterocycles. The Hall–Kier alpha value is -1.21. The van der Waals surface area contributed by atoms with E-state index in [1.54, 1.807) is 26.0 Å². The smallest absolute Gasteiger partial charge is 0.154 e. The minimum absolute atomic E-state index is 0.229. The van der Waals surface area contributed by atoms with Gasteiger partial charge in [-0.2, -0.15) is 0 Å². The summed E-state index contributed by atoms with van der Waals surface area (Å²) in [7, 11) is -3.17. The van der Waals surface area contributed by atoms with E-state index in [9.17, 15) is 8.42 Å². The van der Waals surface area contributed by atoms with Crippen molar-refractivity contribution in [3.05, 3.63) is 23.4 Å². The third kappa shape index (κ3) is 3.87. The van der Waals surface area contributed by atoms with Gasteiger partial charge < -0.3 is 11.1 Å². The van der Waals surface area contributed by atoms with Gasteiger partial charge in [0.1, 0.15) is 10.8 Å². The number of anilines is 1. The molecule has 1 aromatic rings. The molecule has 0 unspecified atom stereocenters. The zero-order valence-corrected chi connectivity index (χ0v) is 13.2. The largest absolute Gasteiger partial charge is 0.389 e. The van der Waals surface area contributed by atoms with Crippen molar-refractivity contribution in [3.63, 3.8) is 0 Å². The first-order valence-corrected chi connectivity index (χ1v) is 8.05. The van der Waals surface area contributed by atoms with Gasteiger partial charge in [0.2, 0.25) is 0 Å². The zero-order chi connectivity index (χ0) is 14.8. The number of hydrogen-bond acceptors (Lipinski definition) is 5. The summed E-state index contributed by atoms with van der Waals surface area (Å²) >= 11 is 4.95. The molecule has 1 heterocycles. The fourth-order valence-electron chi connectivity index (χ4n) is 1.32. The van der Waals surface area contributed by atoms with Crippen molar-refractivity contribution in [1.29, 1.82) is 0 Å². The Bertz CT molecular complexity index is 595. The van der Waals surface area contributed by atoms with Gasteiger partial charge >= 0.3 is 0 Å². The number of rotatable bonds is 5. The lowest BCUT2D eigenvalue weighted by Gasteiger charge is -2.23. The molecule has 0 saturated heterocycles. The molecule has 106 valence electrons. The lowest BCUT2D eigenvalue weighted by Crippen LogP contribution is -2.38. The molecule has 0 aliphatic carbocycles. The lowest BCUT2D eigenvalue weighted by molar-refractivity contribution is 0.559. The van der Waals surface area contributed by atoms with Crippen LogP contribution in [0.1, 0.15) is 25.1 Å². The van der Waals surface area contributed by atoms with E-state index < -0.39 is 14.6 Å². The Kier molecular flexibility index (Phi) is 4.52. The van der Waals surface area contributed by atoms with E-state index in [2.05, 4.69) is 10.3 Å². The van der Waals surface area contributed by atoms with Crippen LogP contribution in [0.3, 0.4) is 0 Å². The van der Waals surface area contributed by atoms with Crippen LogP contribution < -0.4 is 11.1 Å². The van der Waals surface area contributed by atoms with Crippen LogP contribution in [0.25, 0.3) is 0 Å². The van der Waals surface area contributed by atoms with E-state index in [1.807, 2.05) is 6.92 Å². The molecular weight excluding hydrogens is 282 g/mol. The summed E-state index contributed by atoms with van der Waals surface area (Å²) in [6, 6.07) is 3.59. The number of nitrogens with two attached hydrogens (primary N) is 1. The number of sulfone groups is 1. The molecule has 0 fully saturated rings. The third-order valence-electron chi connectivity index (χ3n) is 2.99. The summed E-state index contributed by atoms with van der Waals surface area (Å²) in [5, 5.41) is 3.02. The summed E-state index contributed by atoms with van der Waals surface area (Å²) in [5.74, 6) is 0.518. The molecular formula is C12H19N3O2S2. The second-order valence-corrected chi connectivity index (χ2v) is 8.19. The summed E-state index contributed by atoms with van der Waals surface area (Å²) in [6.07, 6.45) is 1.22. The Morgan fingerprint density at radius 2 is 2.05 bits per heavy atom. The Morgan fingerprint density at radius 3 is 2.53 bits per heavy atom. The van der Waals surface area contributed by atoms with Gasteiger partial charge in [-0.25, -0.2) is 13.4 Å². The number of aryl methyl sites for hydroxylation is 1. The van der Waals surface area contributed by atoms with Gasteiger partial charge in [-0.1, -0.05) is 12.2 Å². The molecule has 7 heteroatoms. The van der Waals surface area contributed by atoms with Crippen molar-refractivity contribution in [2.75, 3.05) is 18.1 Å². The van der Waals surface area contributed by atoms with Crippen molar-refractivity contribution in [1.82, 2.24) is 4.98 Å². The Labute approximate surface area is 119 Å². The SMILES string of the molecule is Cc1ccc(C(N)=S)c(NCC(C)(C)S(C)(=O)=O)n1. The van der Waals surface area contributed by atoms with Gasteiger partial charge in [0, 0.05) is 18.5 Å². The molecule has 3 N–H and O–H groups in total. The fourth-order valence-corrected chi connectivity index (χ4v) is 1.82.